The molecule has 178 valence electrons. The molecular weight excluding hydrogens is 462 g/mol. The van der Waals surface area contributed by atoms with Gasteiger partial charge in [0.2, 0.25) is 15.9 Å². The smallest absolute Gasteiger partial charge is 0.251 e. The van der Waals surface area contributed by atoms with E-state index in [1.165, 1.54) is 23.9 Å². The first kappa shape index (κ1) is 25.1. The van der Waals surface area contributed by atoms with Crippen molar-refractivity contribution in [1.29, 1.82) is 0 Å². The molecule has 0 saturated heterocycles. The van der Waals surface area contributed by atoms with Crippen molar-refractivity contribution in [3.63, 3.8) is 0 Å². The molecule has 1 aliphatic rings. The van der Waals surface area contributed by atoms with Crippen LogP contribution in [0, 0.1) is 0 Å². The number of carbonyl (C=O) groups excluding carboxylic acids is 2. The van der Waals surface area contributed by atoms with Gasteiger partial charge in [0, 0.05) is 17.3 Å². The summed E-state index contributed by atoms with van der Waals surface area (Å²) in [5.74, 6) is 0.481. The van der Waals surface area contributed by atoms with Gasteiger partial charge < -0.3 is 15.4 Å². The van der Waals surface area contributed by atoms with Crippen molar-refractivity contribution in [3.8, 4) is 5.75 Å². The Hall–Kier alpha value is -2.56. The summed E-state index contributed by atoms with van der Waals surface area (Å²) in [6, 6.07) is 11.9. The standard InChI is InChI=1S/C23H29N3O5S2/c1-3-31-19-9-11-20(12-10-19)33(29,30)26-21(13-14-32-2)23(28)25-18-6-4-5-16(15-18)22(27)24-17-7-8-17/h4-6,9-12,15,17,21,26H,3,7-8,13-14H2,1-2H3,(H,24,27)(H,25,28)/t21-/m1/s1. The molecule has 0 heterocycles. The third kappa shape index (κ3) is 7.48. The number of rotatable bonds is 12. The maximum absolute atomic E-state index is 13.0. The third-order valence-electron chi connectivity index (χ3n) is 4.97. The number of anilines is 1. The van der Waals surface area contributed by atoms with Crippen molar-refractivity contribution >= 4 is 39.3 Å². The summed E-state index contributed by atoms with van der Waals surface area (Å²) in [7, 11) is -3.93. The van der Waals surface area contributed by atoms with E-state index in [9.17, 15) is 18.0 Å². The Morgan fingerprint density at radius 1 is 1.15 bits per heavy atom. The number of hydrogen-bond acceptors (Lipinski definition) is 6. The van der Waals surface area contributed by atoms with Crippen LogP contribution in [0.15, 0.2) is 53.4 Å². The van der Waals surface area contributed by atoms with Gasteiger partial charge in [-0.05, 0) is 80.7 Å². The Kier molecular flexibility index (Phi) is 8.76. The zero-order valence-electron chi connectivity index (χ0n) is 18.7. The number of ether oxygens (including phenoxy) is 1. The van der Waals surface area contributed by atoms with Gasteiger partial charge in [-0.2, -0.15) is 16.5 Å². The minimum absolute atomic E-state index is 0.0478. The van der Waals surface area contributed by atoms with Gasteiger partial charge in [0.25, 0.3) is 5.91 Å². The molecule has 0 spiro atoms. The number of carbonyl (C=O) groups is 2. The number of amides is 2. The highest BCUT2D eigenvalue weighted by Gasteiger charge is 2.26. The molecule has 3 N–H and O–H groups in total. The van der Waals surface area contributed by atoms with Gasteiger partial charge in [-0.3, -0.25) is 9.59 Å². The summed E-state index contributed by atoms with van der Waals surface area (Å²) >= 11 is 1.52. The van der Waals surface area contributed by atoms with E-state index in [2.05, 4.69) is 15.4 Å². The molecule has 0 radical (unpaired) electrons. The maximum Gasteiger partial charge on any atom is 0.251 e. The van der Waals surface area contributed by atoms with Crippen molar-refractivity contribution in [2.24, 2.45) is 0 Å². The van der Waals surface area contributed by atoms with Crippen LogP contribution in [0.5, 0.6) is 5.75 Å². The topological polar surface area (TPSA) is 114 Å². The van der Waals surface area contributed by atoms with Crippen LogP contribution >= 0.6 is 11.8 Å². The van der Waals surface area contributed by atoms with Crippen molar-refractivity contribution < 1.29 is 22.7 Å². The molecule has 0 aliphatic heterocycles. The average Bonchev–Trinajstić information content (AvgIpc) is 3.61. The summed E-state index contributed by atoms with van der Waals surface area (Å²) in [6.07, 6.45) is 4.16. The molecule has 8 nitrogen and oxygen atoms in total. The molecule has 3 rings (SSSR count). The second-order valence-corrected chi connectivity index (χ2v) is 10.4. The number of hydrogen-bond donors (Lipinski definition) is 3. The quantitative estimate of drug-likeness (QED) is 0.421. The number of benzene rings is 2. The zero-order chi connectivity index (χ0) is 23.8. The van der Waals surface area contributed by atoms with Gasteiger partial charge in [0.15, 0.2) is 0 Å². The van der Waals surface area contributed by atoms with Crippen LogP contribution in [-0.2, 0) is 14.8 Å². The van der Waals surface area contributed by atoms with E-state index in [0.29, 0.717) is 35.8 Å². The van der Waals surface area contributed by atoms with E-state index in [1.54, 1.807) is 36.4 Å². The molecule has 2 aromatic carbocycles. The Labute approximate surface area is 198 Å². The Morgan fingerprint density at radius 2 is 1.88 bits per heavy atom. The Balaban J connectivity index is 1.71. The lowest BCUT2D eigenvalue weighted by atomic mass is 10.1. The van der Waals surface area contributed by atoms with Gasteiger partial charge >= 0.3 is 0 Å². The first-order chi connectivity index (χ1) is 15.8. The summed E-state index contributed by atoms with van der Waals surface area (Å²) in [5.41, 5.74) is 0.869. The van der Waals surface area contributed by atoms with E-state index in [0.717, 1.165) is 12.8 Å². The average molecular weight is 492 g/mol. The van der Waals surface area contributed by atoms with E-state index in [1.807, 2.05) is 13.2 Å². The fraction of sp³-hybridized carbons (Fsp3) is 0.391. The normalized spacial score (nSPS) is 14.4. The van der Waals surface area contributed by atoms with Gasteiger partial charge in [0.05, 0.1) is 11.5 Å². The van der Waals surface area contributed by atoms with Crippen molar-refractivity contribution in [3.05, 3.63) is 54.1 Å². The fourth-order valence-electron chi connectivity index (χ4n) is 3.08. The summed E-state index contributed by atoms with van der Waals surface area (Å²) in [6.45, 7) is 2.32. The lowest BCUT2D eigenvalue weighted by molar-refractivity contribution is -0.117. The molecule has 2 amide bonds. The van der Waals surface area contributed by atoms with Crippen LogP contribution in [0.4, 0.5) is 5.69 Å². The molecule has 1 fully saturated rings. The minimum atomic E-state index is -3.93. The molecule has 1 saturated carbocycles. The summed E-state index contributed by atoms with van der Waals surface area (Å²) in [5, 5.41) is 5.65. The van der Waals surface area contributed by atoms with Crippen LogP contribution in [0.3, 0.4) is 0 Å². The van der Waals surface area contributed by atoms with Crippen LogP contribution in [0.2, 0.25) is 0 Å². The van der Waals surface area contributed by atoms with Crippen molar-refractivity contribution in [1.82, 2.24) is 10.0 Å². The SMILES string of the molecule is CCOc1ccc(S(=O)(=O)N[C@H](CCSC)C(=O)Nc2cccc(C(=O)NC3CC3)c2)cc1. The van der Waals surface area contributed by atoms with E-state index in [4.69, 9.17) is 4.74 Å². The van der Waals surface area contributed by atoms with Crippen molar-refractivity contribution in [2.45, 2.75) is 43.2 Å². The van der Waals surface area contributed by atoms with Gasteiger partial charge in [-0.1, -0.05) is 6.07 Å². The van der Waals surface area contributed by atoms with Crippen LogP contribution in [0.25, 0.3) is 0 Å². The molecule has 10 heteroatoms. The molecule has 33 heavy (non-hydrogen) atoms. The Bertz CT molecular complexity index is 1070. The minimum Gasteiger partial charge on any atom is -0.494 e. The molecule has 0 aromatic heterocycles. The molecule has 1 aliphatic carbocycles. The van der Waals surface area contributed by atoms with Gasteiger partial charge in [-0.15, -0.1) is 0 Å². The molecular formula is C23H29N3O5S2. The zero-order valence-corrected chi connectivity index (χ0v) is 20.3. The fourth-order valence-corrected chi connectivity index (χ4v) is 4.78. The van der Waals surface area contributed by atoms with E-state index >= 15 is 0 Å². The molecule has 0 unspecified atom stereocenters. The highest BCUT2D eigenvalue weighted by atomic mass is 32.2. The Morgan fingerprint density at radius 3 is 2.52 bits per heavy atom. The molecule has 2 aromatic rings. The summed E-state index contributed by atoms with van der Waals surface area (Å²) in [4.78, 5) is 25.3. The van der Waals surface area contributed by atoms with Crippen LogP contribution in [-0.4, -0.2) is 50.9 Å². The molecule has 0 bridgehead atoms. The van der Waals surface area contributed by atoms with Gasteiger partial charge in [0.1, 0.15) is 11.8 Å². The number of sulfonamides is 1. The predicted molar refractivity (Wildman–Crippen MR) is 130 cm³/mol. The number of thioether (sulfide) groups is 1. The van der Waals surface area contributed by atoms with Gasteiger partial charge in [-0.25, -0.2) is 8.42 Å². The maximum atomic E-state index is 13.0. The second kappa shape index (κ2) is 11.5. The largest absolute Gasteiger partial charge is 0.494 e. The first-order valence-corrected chi connectivity index (χ1v) is 13.7. The lowest BCUT2D eigenvalue weighted by Gasteiger charge is -2.19. The van der Waals surface area contributed by atoms with Crippen LogP contribution < -0.4 is 20.1 Å². The predicted octanol–water partition coefficient (Wildman–Crippen LogP) is 3.02. The van der Waals surface area contributed by atoms with E-state index in [-0.39, 0.29) is 16.8 Å². The van der Waals surface area contributed by atoms with Crippen LogP contribution in [0.1, 0.15) is 36.5 Å². The highest BCUT2D eigenvalue weighted by molar-refractivity contribution is 7.98. The lowest BCUT2D eigenvalue weighted by Crippen LogP contribution is -2.44. The van der Waals surface area contributed by atoms with E-state index < -0.39 is 22.0 Å². The van der Waals surface area contributed by atoms with Crippen molar-refractivity contribution in [2.75, 3.05) is 23.9 Å². The monoisotopic (exact) mass is 491 g/mol. The summed E-state index contributed by atoms with van der Waals surface area (Å²) < 4.78 is 33.7. The third-order valence-corrected chi connectivity index (χ3v) is 7.11. The number of nitrogens with one attached hydrogen (secondary N) is 3. The first-order valence-electron chi connectivity index (χ1n) is 10.8. The highest BCUT2D eigenvalue weighted by Crippen LogP contribution is 2.21. The second-order valence-electron chi connectivity index (χ2n) is 7.68. The molecule has 1 atom stereocenters.